The lowest BCUT2D eigenvalue weighted by Gasteiger charge is -2.09. The number of carbonyl (C=O) groups is 1. The number of nitrogens with zero attached hydrogens (tertiary/aromatic N) is 1. The van der Waals surface area contributed by atoms with Crippen LogP contribution in [-0.2, 0) is 0 Å². The van der Waals surface area contributed by atoms with Gasteiger partial charge in [-0.3, -0.25) is 9.78 Å². The zero-order chi connectivity index (χ0) is 12.8. The van der Waals surface area contributed by atoms with E-state index in [9.17, 15) is 4.79 Å². The van der Waals surface area contributed by atoms with Crippen LogP contribution in [0.4, 0.5) is 0 Å². The normalized spacial score (nSPS) is 9.76. The van der Waals surface area contributed by atoms with Gasteiger partial charge in [-0.05, 0) is 31.9 Å². The SMILES string of the molecule is C=CC(=C)CCNC(=O)c1c(C)ccnc1C. The van der Waals surface area contributed by atoms with Crippen molar-refractivity contribution in [2.75, 3.05) is 6.54 Å². The fourth-order valence-corrected chi connectivity index (χ4v) is 1.56. The van der Waals surface area contributed by atoms with Crippen LogP contribution >= 0.6 is 0 Å². The molecule has 1 aromatic rings. The van der Waals surface area contributed by atoms with Crippen molar-refractivity contribution in [1.29, 1.82) is 0 Å². The lowest BCUT2D eigenvalue weighted by molar-refractivity contribution is 0.0952. The minimum Gasteiger partial charge on any atom is -0.352 e. The highest BCUT2D eigenvalue weighted by Crippen LogP contribution is 2.10. The van der Waals surface area contributed by atoms with E-state index in [4.69, 9.17) is 0 Å². The van der Waals surface area contributed by atoms with Gasteiger partial charge in [-0.1, -0.05) is 24.8 Å². The van der Waals surface area contributed by atoms with E-state index in [0.717, 1.165) is 16.8 Å². The van der Waals surface area contributed by atoms with Crippen molar-refractivity contribution in [2.45, 2.75) is 20.3 Å². The third-order valence-electron chi connectivity index (χ3n) is 2.60. The van der Waals surface area contributed by atoms with E-state index in [1.807, 2.05) is 19.9 Å². The van der Waals surface area contributed by atoms with Crippen LogP contribution in [0.1, 0.15) is 28.0 Å². The van der Waals surface area contributed by atoms with Gasteiger partial charge in [-0.15, -0.1) is 0 Å². The molecule has 0 bridgehead atoms. The minimum atomic E-state index is -0.0787. The zero-order valence-electron chi connectivity index (χ0n) is 10.4. The zero-order valence-corrected chi connectivity index (χ0v) is 10.4. The summed E-state index contributed by atoms with van der Waals surface area (Å²) < 4.78 is 0. The van der Waals surface area contributed by atoms with Gasteiger partial charge >= 0.3 is 0 Å². The average Bonchev–Trinajstić information content (AvgIpc) is 2.28. The van der Waals surface area contributed by atoms with Gasteiger partial charge in [-0.2, -0.15) is 0 Å². The molecule has 0 radical (unpaired) electrons. The molecule has 1 heterocycles. The van der Waals surface area contributed by atoms with Crippen LogP contribution < -0.4 is 5.32 Å². The number of aromatic nitrogens is 1. The second-order valence-electron chi connectivity index (χ2n) is 3.96. The summed E-state index contributed by atoms with van der Waals surface area (Å²) in [5.74, 6) is -0.0787. The van der Waals surface area contributed by atoms with Crippen molar-refractivity contribution < 1.29 is 4.79 Å². The van der Waals surface area contributed by atoms with Crippen molar-refractivity contribution >= 4 is 5.91 Å². The molecule has 3 heteroatoms. The van der Waals surface area contributed by atoms with Crippen molar-refractivity contribution in [3.8, 4) is 0 Å². The summed E-state index contributed by atoms with van der Waals surface area (Å²) in [4.78, 5) is 16.1. The van der Waals surface area contributed by atoms with Gasteiger partial charge in [0.05, 0.1) is 11.3 Å². The van der Waals surface area contributed by atoms with Crippen molar-refractivity contribution in [3.63, 3.8) is 0 Å². The maximum Gasteiger partial charge on any atom is 0.253 e. The predicted molar refractivity (Wildman–Crippen MR) is 70.0 cm³/mol. The van der Waals surface area contributed by atoms with Crippen LogP contribution in [0.5, 0.6) is 0 Å². The van der Waals surface area contributed by atoms with Crippen LogP contribution in [0.15, 0.2) is 37.1 Å². The third-order valence-corrected chi connectivity index (χ3v) is 2.60. The van der Waals surface area contributed by atoms with E-state index in [-0.39, 0.29) is 5.91 Å². The first kappa shape index (κ1) is 13.2. The largest absolute Gasteiger partial charge is 0.352 e. The Balaban J connectivity index is 2.64. The number of hydrogen-bond acceptors (Lipinski definition) is 2. The number of pyridine rings is 1. The molecule has 1 rings (SSSR count). The van der Waals surface area contributed by atoms with Gasteiger partial charge in [0.1, 0.15) is 0 Å². The number of hydrogen-bond donors (Lipinski definition) is 1. The van der Waals surface area contributed by atoms with E-state index >= 15 is 0 Å². The van der Waals surface area contributed by atoms with E-state index < -0.39 is 0 Å². The molecule has 0 spiro atoms. The second-order valence-corrected chi connectivity index (χ2v) is 3.96. The highest BCUT2D eigenvalue weighted by atomic mass is 16.1. The molecule has 0 unspecified atom stereocenters. The summed E-state index contributed by atoms with van der Waals surface area (Å²) in [5.41, 5.74) is 3.28. The summed E-state index contributed by atoms with van der Waals surface area (Å²) in [6.07, 6.45) is 4.13. The average molecular weight is 230 g/mol. The van der Waals surface area contributed by atoms with Gasteiger partial charge in [-0.25, -0.2) is 0 Å². The molecule has 1 aromatic heterocycles. The molecule has 0 saturated heterocycles. The molecule has 0 saturated carbocycles. The summed E-state index contributed by atoms with van der Waals surface area (Å²) in [6.45, 7) is 11.7. The number of nitrogens with one attached hydrogen (secondary N) is 1. The molecule has 17 heavy (non-hydrogen) atoms. The standard InChI is InChI=1S/C14H18N2O/c1-5-10(2)6-8-16-14(17)13-11(3)7-9-15-12(13)4/h5,7,9H,1-2,6,8H2,3-4H3,(H,16,17). The van der Waals surface area contributed by atoms with Crippen LogP contribution in [0.2, 0.25) is 0 Å². The first-order valence-electron chi connectivity index (χ1n) is 5.57. The number of rotatable bonds is 5. The molecular weight excluding hydrogens is 212 g/mol. The Bertz CT molecular complexity index is 429. The fraction of sp³-hybridized carbons (Fsp3) is 0.286. The third kappa shape index (κ3) is 3.55. The lowest BCUT2D eigenvalue weighted by atomic mass is 10.1. The van der Waals surface area contributed by atoms with E-state index in [1.54, 1.807) is 12.3 Å². The number of amides is 1. The summed E-state index contributed by atoms with van der Waals surface area (Å²) in [7, 11) is 0. The summed E-state index contributed by atoms with van der Waals surface area (Å²) in [5, 5.41) is 2.86. The molecule has 0 aliphatic carbocycles. The molecule has 3 nitrogen and oxygen atoms in total. The van der Waals surface area contributed by atoms with Crippen LogP contribution in [0.25, 0.3) is 0 Å². The van der Waals surface area contributed by atoms with Gasteiger partial charge in [0.2, 0.25) is 0 Å². The fourth-order valence-electron chi connectivity index (χ4n) is 1.56. The lowest BCUT2D eigenvalue weighted by Crippen LogP contribution is -2.26. The number of carbonyl (C=O) groups excluding carboxylic acids is 1. The highest BCUT2D eigenvalue weighted by Gasteiger charge is 2.11. The van der Waals surface area contributed by atoms with Gasteiger partial charge in [0.15, 0.2) is 0 Å². The molecular formula is C14H18N2O. The Morgan fingerprint density at radius 1 is 1.53 bits per heavy atom. The smallest absolute Gasteiger partial charge is 0.253 e. The van der Waals surface area contributed by atoms with Gasteiger partial charge in [0.25, 0.3) is 5.91 Å². The Hall–Kier alpha value is -1.90. The molecule has 1 N–H and O–H groups in total. The van der Waals surface area contributed by atoms with Gasteiger partial charge in [0, 0.05) is 12.7 Å². The first-order chi connectivity index (χ1) is 8.06. The Morgan fingerprint density at radius 3 is 2.82 bits per heavy atom. The molecule has 1 amide bonds. The van der Waals surface area contributed by atoms with E-state index in [2.05, 4.69) is 23.5 Å². The topological polar surface area (TPSA) is 42.0 Å². The predicted octanol–water partition coefficient (Wildman–Crippen LogP) is 2.56. The number of allylic oxidation sites excluding steroid dienone is 1. The van der Waals surface area contributed by atoms with Crippen LogP contribution in [0, 0.1) is 13.8 Å². The quantitative estimate of drug-likeness (QED) is 0.790. The molecule has 0 aliphatic rings. The van der Waals surface area contributed by atoms with Crippen molar-refractivity contribution in [1.82, 2.24) is 10.3 Å². The van der Waals surface area contributed by atoms with Gasteiger partial charge < -0.3 is 5.32 Å². The molecule has 0 fully saturated rings. The minimum absolute atomic E-state index is 0.0787. The summed E-state index contributed by atoms with van der Waals surface area (Å²) in [6, 6.07) is 1.84. The second kappa shape index (κ2) is 5.99. The maximum absolute atomic E-state index is 11.9. The van der Waals surface area contributed by atoms with Crippen LogP contribution in [-0.4, -0.2) is 17.4 Å². The maximum atomic E-state index is 11.9. The Kier molecular flexibility index (Phi) is 4.64. The molecule has 0 atom stereocenters. The van der Waals surface area contributed by atoms with E-state index in [0.29, 0.717) is 18.5 Å². The van der Waals surface area contributed by atoms with E-state index in [1.165, 1.54) is 0 Å². The van der Waals surface area contributed by atoms with Crippen molar-refractivity contribution in [2.24, 2.45) is 0 Å². The Labute approximate surface area is 102 Å². The Morgan fingerprint density at radius 2 is 2.24 bits per heavy atom. The molecule has 0 aliphatic heterocycles. The highest BCUT2D eigenvalue weighted by molar-refractivity contribution is 5.96. The summed E-state index contributed by atoms with van der Waals surface area (Å²) >= 11 is 0. The molecule has 0 aromatic carbocycles. The van der Waals surface area contributed by atoms with Crippen LogP contribution in [0.3, 0.4) is 0 Å². The van der Waals surface area contributed by atoms with Crippen molar-refractivity contribution in [3.05, 3.63) is 53.9 Å². The molecule has 90 valence electrons. The number of aryl methyl sites for hydroxylation is 2. The first-order valence-corrected chi connectivity index (χ1v) is 5.57. The monoisotopic (exact) mass is 230 g/mol.